The highest BCUT2D eigenvalue weighted by atomic mass is 32.2. The SMILES string of the molecule is O=C(O)CSCC(=O)Nc1cccc2cccnc12. The Labute approximate surface area is 114 Å². The number of rotatable bonds is 5. The Bertz CT molecular complexity index is 610. The molecule has 1 heterocycles. The summed E-state index contributed by atoms with van der Waals surface area (Å²) in [7, 11) is 0. The first kappa shape index (κ1) is 13.4. The second-order valence-corrected chi connectivity index (χ2v) is 4.80. The Kier molecular flexibility index (Phi) is 4.35. The minimum Gasteiger partial charge on any atom is -0.481 e. The highest BCUT2D eigenvalue weighted by Crippen LogP contribution is 2.20. The van der Waals surface area contributed by atoms with Crippen molar-refractivity contribution in [2.45, 2.75) is 0 Å². The lowest BCUT2D eigenvalue weighted by molar-refractivity contribution is -0.133. The van der Waals surface area contributed by atoms with Crippen molar-refractivity contribution >= 4 is 40.2 Å². The van der Waals surface area contributed by atoms with Gasteiger partial charge in [0.25, 0.3) is 0 Å². The summed E-state index contributed by atoms with van der Waals surface area (Å²) in [4.78, 5) is 26.3. The number of aromatic nitrogens is 1. The molecular formula is C13H12N2O3S. The lowest BCUT2D eigenvalue weighted by Crippen LogP contribution is -2.15. The molecule has 5 nitrogen and oxygen atoms in total. The smallest absolute Gasteiger partial charge is 0.313 e. The van der Waals surface area contributed by atoms with Gasteiger partial charge in [0.05, 0.1) is 22.7 Å². The molecule has 0 atom stereocenters. The third kappa shape index (κ3) is 3.69. The third-order valence-electron chi connectivity index (χ3n) is 2.37. The van der Waals surface area contributed by atoms with Gasteiger partial charge in [-0.2, -0.15) is 0 Å². The summed E-state index contributed by atoms with van der Waals surface area (Å²) in [6.07, 6.45) is 1.66. The predicted octanol–water partition coefficient (Wildman–Crippen LogP) is 1.99. The topological polar surface area (TPSA) is 79.3 Å². The number of nitrogens with one attached hydrogen (secondary N) is 1. The van der Waals surface area contributed by atoms with E-state index in [1.165, 1.54) is 0 Å². The van der Waals surface area contributed by atoms with Crippen LogP contribution in [0.2, 0.25) is 0 Å². The molecule has 6 heteroatoms. The Morgan fingerprint density at radius 1 is 1.21 bits per heavy atom. The van der Waals surface area contributed by atoms with Crippen LogP contribution < -0.4 is 5.32 Å². The summed E-state index contributed by atoms with van der Waals surface area (Å²) < 4.78 is 0. The number of anilines is 1. The first-order valence-electron chi connectivity index (χ1n) is 5.60. The highest BCUT2D eigenvalue weighted by molar-refractivity contribution is 8.00. The largest absolute Gasteiger partial charge is 0.481 e. The molecule has 0 fully saturated rings. The van der Waals surface area contributed by atoms with Gasteiger partial charge >= 0.3 is 5.97 Å². The van der Waals surface area contributed by atoms with Crippen LogP contribution in [-0.4, -0.2) is 33.5 Å². The molecule has 0 aliphatic carbocycles. The second-order valence-electron chi connectivity index (χ2n) is 3.82. The van der Waals surface area contributed by atoms with E-state index in [0.29, 0.717) is 5.69 Å². The van der Waals surface area contributed by atoms with E-state index in [0.717, 1.165) is 22.7 Å². The van der Waals surface area contributed by atoms with Crippen molar-refractivity contribution in [2.75, 3.05) is 16.8 Å². The van der Waals surface area contributed by atoms with Crippen LogP contribution in [0, 0.1) is 0 Å². The van der Waals surface area contributed by atoms with Crippen LogP contribution in [0.15, 0.2) is 36.5 Å². The maximum absolute atomic E-state index is 11.7. The summed E-state index contributed by atoms with van der Waals surface area (Å²) >= 11 is 1.06. The molecule has 1 amide bonds. The second kappa shape index (κ2) is 6.19. The number of aliphatic carboxylic acids is 1. The van der Waals surface area contributed by atoms with E-state index in [4.69, 9.17) is 5.11 Å². The number of carboxylic acid groups (broad SMARTS) is 1. The summed E-state index contributed by atoms with van der Waals surface area (Å²) in [6, 6.07) is 9.27. The van der Waals surface area contributed by atoms with Gasteiger partial charge in [-0.05, 0) is 12.1 Å². The van der Waals surface area contributed by atoms with Crippen LogP contribution in [-0.2, 0) is 9.59 Å². The van der Waals surface area contributed by atoms with E-state index in [1.54, 1.807) is 12.3 Å². The first-order chi connectivity index (χ1) is 9.16. The zero-order valence-corrected chi connectivity index (χ0v) is 10.8. The Balaban J connectivity index is 2.05. The Morgan fingerprint density at radius 3 is 2.79 bits per heavy atom. The van der Waals surface area contributed by atoms with E-state index in [1.807, 2.05) is 24.3 Å². The number of carbonyl (C=O) groups excluding carboxylic acids is 1. The number of amides is 1. The molecule has 0 radical (unpaired) electrons. The van der Waals surface area contributed by atoms with Gasteiger partial charge in [0.2, 0.25) is 5.91 Å². The molecule has 0 unspecified atom stereocenters. The lowest BCUT2D eigenvalue weighted by atomic mass is 10.2. The van der Waals surface area contributed by atoms with Crippen LogP contribution in [0.1, 0.15) is 0 Å². The molecule has 0 aliphatic rings. The number of pyridine rings is 1. The lowest BCUT2D eigenvalue weighted by Gasteiger charge is -2.07. The van der Waals surface area contributed by atoms with Crippen molar-refractivity contribution in [2.24, 2.45) is 0 Å². The van der Waals surface area contributed by atoms with E-state index in [9.17, 15) is 9.59 Å². The molecule has 1 aromatic carbocycles. The van der Waals surface area contributed by atoms with E-state index < -0.39 is 5.97 Å². The van der Waals surface area contributed by atoms with Crippen LogP contribution in [0.4, 0.5) is 5.69 Å². The number of hydrogen-bond donors (Lipinski definition) is 2. The maximum Gasteiger partial charge on any atom is 0.313 e. The van der Waals surface area contributed by atoms with Crippen molar-refractivity contribution in [1.82, 2.24) is 4.98 Å². The van der Waals surface area contributed by atoms with Crippen LogP contribution in [0.5, 0.6) is 0 Å². The Morgan fingerprint density at radius 2 is 2.00 bits per heavy atom. The summed E-state index contributed by atoms with van der Waals surface area (Å²) in [6.45, 7) is 0. The molecule has 2 aromatic rings. The zero-order chi connectivity index (χ0) is 13.7. The number of carbonyl (C=O) groups is 2. The number of para-hydroxylation sites is 1. The van der Waals surface area contributed by atoms with Crippen LogP contribution in [0.25, 0.3) is 10.9 Å². The molecule has 0 saturated heterocycles. The molecule has 98 valence electrons. The number of benzene rings is 1. The van der Waals surface area contributed by atoms with Gasteiger partial charge in [-0.15, -0.1) is 11.8 Å². The average Bonchev–Trinajstić information content (AvgIpc) is 2.39. The van der Waals surface area contributed by atoms with Gasteiger partial charge in [0.1, 0.15) is 0 Å². The normalized spacial score (nSPS) is 10.3. The van der Waals surface area contributed by atoms with Gasteiger partial charge in [0, 0.05) is 11.6 Å². The van der Waals surface area contributed by atoms with Crippen LogP contribution >= 0.6 is 11.8 Å². The van der Waals surface area contributed by atoms with Crippen molar-refractivity contribution in [3.05, 3.63) is 36.5 Å². The number of hydrogen-bond acceptors (Lipinski definition) is 4. The third-order valence-corrected chi connectivity index (χ3v) is 3.28. The van der Waals surface area contributed by atoms with Crippen LogP contribution in [0.3, 0.4) is 0 Å². The zero-order valence-electron chi connectivity index (χ0n) is 10.00. The summed E-state index contributed by atoms with van der Waals surface area (Å²) in [5.41, 5.74) is 1.36. The maximum atomic E-state index is 11.7. The number of carboxylic acids is 1. The minimum atomic E-state index is -0.926. The molecule has 19 heavy (non-hydrogen) atoms. The van der Waals surface area contributed by atoms with Gasteiger partial charge in [-0.25, -0.2) is 0 Å². The van der Waals surface area contributed by atoms with E-state index in [2.05, 4.69) is 10.3 Å². The van der Waals surface area contributed by atoms with Crippen molar-refractivity contribution in [3.8, 4) is 0 Å². The number of fused-ring (bicyclic) bond motifs is 1. The minimum absolute atomic E-state index is 0.0821. The van der Waals surface area contributed by atoms with Crippen molar-refractivity contribution in [3.63, 3.8) is 0 Å². The number of thioether (sulfide) groups is 1. The molecule has 0 bridgehead atoms. The van der Waals surface area contributed by atoms with Crippen molar-refractivity contribution < 1.29 is 14.7 Å². The summed E-state index contributed by atoms with van der Waals surface area (Å²) in [5, 5.41) is 12.2. The molecule has 0 aliphatic heterocycles. The molecule has 0 spiro atoms. The quantitative estimate of drug-likeness (QED) is 0.873. The van der Waals surface area contributed by atoms with Gasteiger partial charge in [0.15, 0.2) is 0 Å². The first-order valence-corrected chi connectivity index (χ1v) is 6.75. The molecule has 2 rings (SSSR count). The fraction of sp³-hybridized carbons (Fsp3) is 0.154. The number of nitrogens with zero attached hydrogens (tertiary/aromatic N) is 1. The highest BCUT2D eigenvalue weighted by Gasteiger charge is 2.07. The fourth-order valence-electron chi connectivity index (χ4n) is 1.62. The van der Waals surface area contributed by atoms with E-state index in [-0.39, 0.29) is 17.4 Å². The predicted molar refractivity (Wildman–Crippen MR) is 75.3 cm³/mol. The molecular weight excluding hydrogens is 264 g/mol. The average molecular weight is 276 g/mol. The van der Waals surface area contributed by atoms with Gasteiger partial charge in [-0.3, -0.25) is 14.6 Å². The molecule has 2 N–H and O–H groups in total. The Hall–Kier alpha value is -2.08. The molecule has 0 saturated carbocycles. The van der Waals surface area contributed by atoms with E-state index >= 15 is 0 Å². The van der Waals surface area contributed by atoms with Gasteiger partial charge in [-0.1, -0.05) is 18.2 Å². The standard InChI is InChI=1S/C13H12N2O3S/c16-11(7-19-8-12(17)18)15-10-5-1-3-9-4-2-6-14-13(9)10/h1-6H,7-8H2,(H,15,16)(H,17,18). The monoisotopic (exact) mass is 276 g/mol. The molecule has 1 aromatic heterocycles. The summed E-state index contributed by atoms with van der Waals surface area (Å²) in [5.74, 6) is -1.13. The van der Waals surface area contributed by atoms with Crippen molar-refractivity contribution in [1.29, 1.82) is 0 Å². The van der Waals surface area contributed by atoms with Gasteiger partial charge < -0.3 is 10.4 Å². The fourth-order valence-corrected chi connectivity index (χ4v) is 2.16.